The van der Waals surface area contributed by atoms with E-state index in [1.807, 2.05) is 4.90 Å². The molecule has 9 nitrogen and oxygen atoms in total. The monoisotopic (exact) mass is 452 g/mol. The van der Waals surface area contributed by atoms with Crippen molar-refractivity contribution in [1.29, 1.82) is 0 Å². The number of amides is 1. The number of aromatic nitrogens is 2. The molecule has 162 valence electrons. The summed E-state index contributed by atoms with van der Waals surface area (Å²) in [6, 6.07) is 5.00. The topological polar surface area (TPSA) is 102 Å². The molecule has 1 spiro atoms. The predicted octanol–water partition coefficient (Wildman–Crippen LogP) is 1.46. The molecule has 0 bridgehead atoms. The average molecular weight is 453 g/mol. The van der Waals surface area contributed by atoms with E-state index in [1.54, 1.807) is 18.2 Å². The molecule has 3 fully saturated rings. The Hall–Kier alpha value is -1.66. The highest BCUT2D eigenvalue weighted by Gasteiger charge is 2.43. The Bertz CT molecular complexity index is 1040. The Balaban J connectivity index is 1.30. The highest BCUT2D eigenvalue weighted by Crippen LogP contribution is 2.33. The van der Waals surface area contributed by atoms with Gasteiger partial charge < -0.3 is 14.4 Å². The van der Waals surface area contributed by atoms with E-state index < -0.39 is 15.8 Å². The van der Waals surface area contributed by atoms with Crippen LogP contribution in [0.5, 0.6) is 0 Å². The Morgan fingerprint density at radius 3 is 2.67 bits per heavy atom. The third-order valence-electron chi connectivity index (χ3n) is 6.25. The highest BCUT2D eigenvalue weighted by molar-refractivity contribution is 7.89. The van der Waals surface area contributed by atoms with Crippen molar-refractivity contribution in [2.45, 2.75) is 36.4 Å². The summed E-state index contributed by atoms with van der Waals surface area (Å²) < 4.78 is 47.8. The lowest BCUT2D eigenvalue weighted by Crippen LogP contribution is -2.51. The molecule has 0 radical (unpaired) electrons. The summed E-state index contributed by atoms with van der Waals surface area (Å²) in [7, 11) is -3.75. The number of benzene rings is 1. The standard InChI is InChI=1S/C19H24N4O5S2/c24-18(22-9-6-19(7-10-22)27-11-12-28-19)14-3-2-8-23(13-14)30(25,26)16-5-1-4-15-17(16)21-29-20-15/h1,4-5,14H,2-3,6-13H2/t14-/m1/s1. The number of carbonyl (C=O) groups is 1. The molecule has 1 atom stereocenters. The van der Waals surface area contributed by atoms with Gasteiger partial charge in [-0.3, -0.25) is 4.79 Å². The summed E-state index contributed by atoms with van der Waals surface area (Å²) in [5.41, 5.74) is 0.971. The molecule has 5 rings (SSSR count). The largest absolute Gasteiger partial charge is 0.347 e. The quantitative estimate of drug-likeness (QED) is 0.695. The van der Waals surface area contributed by atoms with E-state index in [0.29, 0.717) is 69.6 Å². The smallest absolute Gasteiger partial charge is 0.245 e. The van der Waals surface area contributed by atoms with Gasteiger partial charge in [0.1, 0.15) is 15.9 Å². The summed E-state index contributed by atoms with van der Waals surface area (Å²) in [6.45, 7) is 2.96. The fourth-order valence-electron chi connectivity index (χ4n) is 4.60. The number of carbonyl (C=O) groups excluding carboxylic acids is 1. The summed E-state index contributed by atoms with van der Waals surface area (Å²) in [6.07, 6.45) is 2.67. The van der Waals surface area contributed by atoms with Crippen LogP contribution in [0, 0.1) is 5.92 Å². The normalized spacial score (nSPS) is 25.2. The van der Waals surface area contributed by atoms with Gasteiger partial charge in [0, 0.05) is 39.0 Å². The number of likely N-dealkylation sites (tertiary alicyclic amines) is 1. The molecule has 3 saturated heterocycles. The second-order valence-corrected chi connectivity index (χ2v) is 10.5. The molecule has 1 aromatic heterocycles. The number of sulfonamides is 1. The highest BCUT2D eigenvalue weighted by atomic mass is 32.2. The van der Waals surface area contributed by atoms with E-state index in [1.165, 1.54) is 4.31 Å². The van der Waals surface area contributed by atoms with Crippen LogP contribution in [0.3, 0.4) is 0 Å². The SMILES string of the molecule is O=C([C@@H]1CCCN(S(=O)(=O)c2cccc3nsnc23)C1)N1CCC2(CC1)OCCO2. The zero-order valence-corrected chi connectivity index (χ0v) is 18.2. The predicted molar refractivity (Wildman–Crippen MR) is 109 cm³/mol. The Morgan fingerprint density at radius 1 is 1.13 bits per heavy atom. The van der Waals surface area contributed by atoms with Crippen molar-refractivity contribution >= 4 is 38.7 Å². The fraction of sp³-hybridized carbons (Fsp3) is 0.632. The van der Waals surface area contributed by atoms with E-state index in [2.05, 4.69) is 8.75 Å². The van der Waals surface area contributed by atoms with Gasteiger partial charge in [0.05, 0.1) is 30.9 Å². The lowest BCUT2D eigenvalue weighted by atomic mass is 9.96. The van der Waals surface area contributed by atoms with E-state index in [9.17, 15) is 13.2 Å². The van der Waals surface area contributed by atoms with Gasteiger partial charge >= 0.3 is 0 Å². The number of piperidine rings is 2. The molecule has 4 heterocycles. The van der Waals surface area contributed by atoms with Crippen LogP contribution >= 0.6 is 11.7 Å². The molecule has 0 unspecified atom stereocenters. The molecule has 3 aliphatic rings. The molecular formula is C19H24N4O5S2. The Morgan fingerprint density at radius 2 is 1.90 bits per heavy atom. The van der Waals surface area contributed by atoms with Crippen LogP contribution in [-0.4, -0.2) is 77.5 Å². The number of hydrogen-bond donors (Lipinski definition) is 0. The van der Waals surface area contributed by atoms with Gasteiger partial charge in [-0.05, 0) is 25.0 Å². The van der Waals surface area contributed by atoms with Crippen LogP contribution in [0.4, 0.5) is 0 Å². The van der Waals surface area contributed by atoms with E-state index in [4.69, 9.17) is 9.47 Å². The maximum atomic E-state index is 13.3. The van der Waals surface area contributed by atoms with Crippen molar-refractivity contribution in [1.82, 2.24) is 18.0 Å². The minimum absolute atomic E-state index is 0.0243. The zero-order chi connectivity index (χ0) is 20.8. The van der Waals surface area contributed by atoms with Gasteiger partial charge in [0.15, 0.2) is 5.79 Å². The third kappa shape index (κ3) is 3.52. The molecular weight excluding hydrogens is 428 g/mol. The Labute approximate surface area is 179 Å². The second-order valence-electron chi connectivity index (χ2n) is 8.02. The number of rotatable bonds is 3. The Kier molecular flexibility index (Phi) is 5.26. The van der Waals surface area contributed by atoms with Gasteiger partial charge in [0.2, 0.25) is 15.9 Å². The first-order valence-electron chi connectivity index (χ1n) is 10.3. The van der Waals surface area contributed by atoms with Crippen LogP contribution in [0.2, 0.25) is 0 Å². The lowest BCUT2D eigenvalue weighted by Gasteiger charge is -2.40. The van der Waals surface area contributed by atoms with Crippen molar-refractivity contribution in [3.8, 4) is 0 Å². The average Bonchev–Trinajstić information content (AvgIpc) is 3.43. The maximum absolute atomic E-state index is 13.3. The third-order valence-corrected chi connectivity index (χ3v) is 8.69. The molecule has 0 aliphatic carbocycles. The number of ether oxygens (including phenoxy) is 2. The summed E-state index contributed by atoms with van der Waals surface area (Å²) in [5.74, 6) is -0.837. The van der Waals surface area contributed by atoms with E-state index >= 15 is 0 Å². The first kappa shape index (κ1) is 20.3. The molecule has 11 heteroatoms. The van der Waals surface area contributed by atoms with Crippen molar-refractivity contribution < 1.29 is 22.7 Å². The van der Waals surface area contributed by atoms with Gasteiger partial charge in [0.25, 0.3) is 0 Å². The molecule has 30 heavy (non-hydrogen) atoms. The molecule has 2 aromatic rings. The second kappa shape index (κ2) is 7.79. The molecule has 1 aromatic carbocycles. The maximum Gasteiger partial charge on any atom is 0.245 e. The number of nitrogens with zero attached hydrogens (tertiary/aromatic N) is 4. The minimum Gasteiger partial charge on any atom is -0.347 e. The summed E-state index contributed by atoms with van der Waals surface area (Å²) >= 11 is 0.998. The molecule has 3 aliphatic heterocycles. The molecule has 0 saturated carbocycles. The first-order valence-corrected chi connectivity index (χ1v) is 12.4. The number of fused-ring (bicyclic) bond motifs is 1. The number of hydrogen-bond acceptors (Lipinski definition) is 8. The van der Waals surface area contributed by atoms with Gasteiger partial charge in [-0.1, -0.05) is 6.07 Å². The lowest BCUT2D eigenvalue weighted by molar-refractivity contribution is -0.188. The summed E-state index contributed by atoms with van der Waals surface area (Å²) in [5, 5.41) is 0. The van der Waals surface area contributed by atoms with E-state index in [-0.39, 0.29) is 23.3 Å². The van der Waals surface area contributed by atoms with Crippen LogP contribution in [0.15, 0.2) is 23.1 Å². The van der Waals surface area contributed by atoms with Crippen molar-refractivity contribution in [2.75, 3.05) is 39.4 Å². The van der Waals surface area contributed by atoms with Crippen LogP contribution in [-0.2, 0) is 24.3 Å². The molecule has 0 N–H and O–H groups in total. The zero-order valence-electron chi connectivity index (χ0n) is 16.5. The van der Waals surface area contributed by atoms with Gasteiger partial charge in [-0.15, -0.1) is 0 Å². The van der Waals surface area contributed by atoms with Crippen molar-refractivity contribution in [2.24, 2.45) is 5.92 Å². The van der Waals surface area contributed by atoms with Crippen LogP contribution in [0.25, 0.3) is 11.0 Å². The first-order chi connectivity index (χ1) is 14.5. The van der Waals surface area contributed by atoms with Gasteiger partial charge in [-0.2, -0.15) is 13.1 Å². The minimum atomic E-state index is -3.75. The van der Waals surface area contributed by atoms with Crippen LogP contribution in [0.1, 0.15) is 25.7 Å². The molecule has 1 amide bonds. The van der Waals surface area contributed by atoms with E-state index in [0.717, 1.165) is 11.7 Å². The summed E-state index contributed by atoms with van der Waals surface area (Å²) in [4.78, 5) is 15.1. The van der Waals surface area contributed by atoms with Crippen molar-refractivity contribution in [3.05, 3.63) is 18.2 Å². The van der Waals surface area contributed by atoms with Crippen molar-refractivity contribution in [3.63, 3.8) is 0 Å². The van der Waals surface area contributed by atoms with Crippen LogP contribution < -0.4 is 0 Å². The fourth-order valence-corrected chi connectivity index (χ4v) is 6.88. The van der Waals surface area contributed by atoms with Gasteiger partial charge in [-0.25, -0.2) is 8.42 Å².